The number of carbonyl (C=O) groups excluding carboxylic acids is 1. The molecule has 0 fully saturated rings. The van der Waals surface area contributed by atoms with Crippen molar-refractivity contribution in [3.63, 3.8) is 0 Å². The van der Waals surface area contributed by atoms with E-state index < -0.39 is 24.4 Å². The van der Waals surface area contributed by atoms with Crippen molar-refractivity contribution < 1.29 is 36.6 Å². The molecule has 2 heterocycles. The van der Waals surface area contributed by atoms with Crippen LogP contribution in [-0.2, 0) is 11.3 Å². The van der Waals surface area contributed by atoms with Crippen LogP contribution in [0.25, 0.3) is 11.0 Å². The molecule has 1 aromatic carbocycles. The largest absolute Gasteiger partial charge is 0.497 e. The third-order valence-electron chi connectivity index (χ3n) is 3.75. The van der Waals surface area contributed by atoms with Gasteiger partial charge in [-0.25, -0.2) is 14.6 Å². The highest BCUT2D eigenvalue weighted by Gasteiger charge is 2.28. The Kier molecular flexibility index (Phi) is 5.71. The number of fused-ring (bicyclic) bond motifs is 1. The molecule has 0 saturated carbocycles. The Bertz CT molecular complexity index is 1080. The predicted octanol–water partition coefficient (Wildman–Crippen LogP) is 3.49. The highest BCUT2D eigenvalue weighted by atomic mass is 19.4. The lowest BCUT2D eigenvalue weighted by Gasteiger charge is -2.09. The number of hydrogen-bond donors (Lipinski definition) is 0. The maximum atomic E-state index is 12.2. The Morgan fingerprint density at radius 2 is 1.97 bits per heavy atom. The summed E-state index contributed by atoms with van der Waals surface area (Å²) >= 11 is 0. The molecule has 0 spiro atoms. The van der Waals surface area contributed by atoms with Gasteiger partial charge in [-0.1, -0.05) is 0 Å². The van der Waals surface area contributed by atoms with Crippen molar-refractivity contribution in [3.8, 4) is 11.6 Å². The van der Waals surface area contributed by atoms with Crippen molar-refractivity contribution in [1.82, 2.24) is 4.98 Å². The number of alkyl halides is 3. The molecular weight excluding hydrogens is 395 g/mol. The van der Waals surface area contributed by atoms with Crippen LogP contribution in [0, 0.1) is 0 Å². The third kappa shape index (κ3) is 5.24. The summed E-state index contributed by atoms with van der Waals surface area (Å²) in [7, 11) is 1.47. The van der Waals surface area contributed by atoms with E-state index in [4.69, 9.17) is 13.9 Å². The van der Waals surface area contributed by atoms with Crippen molar-refractivity contribution in [2.45, 2.75) is 12.8 Å². The molecule has 3 aromatic rings. The predicted molar refractivity (Wildman–Crippen MR) is 93.9 cm³/mol. The first kappa shape index (κ1) is 20.2. The number of halogens is 3. The minimum absolute atomic E-state index is 0.0123. The first-order valence-electron chi connectivity index (χ1n) is 8.19. The van der Waals surface area contributed by atoms with E-state index >= 15 is 0 Å². The van der Waals surface area contributed by atoms with E-state index in [0.29, 0.717) is 16.7 Å². The zero-order valence-corrected chi connectivity index (χ0v) is 15.0. The number of aromatic nitrogens is 1. The Morgan fingerprint density at radius 1 is 1.17 bits per heavy atom. The van der Waals surface area contributed by atoms with E-state index in [9.17, 15) is 22.8 Å². The fourth-order valence-corrected chi connectivity index (χ4v) is 2.43. The van der Waals surface area contributed by atoms with Gasteiger partial charge in [0.1, 0.15) is 17.9 Å². The van der Waals surface area contributed by atoms with E-state index in [1.54, 1.807) is 12.1 Å². The molecule has 2 aromatic heterocycles. The smallest absolute Gasteiger partial charge is 0.422 e. The number of ether oxygens (including phenoxy) is 3. The van der Waals surface area contributed by atoms with E-state index in [1.807, 2.05) is 0 Å². The van der Waals surface area contributed by atoms with Crippen LogP contribution in [-0.4, -0.2) is 30.8 Å². The number of pyridine rings is 1. The van der Waals surface area contributed by atoms with E-state index in [0.717, 1.165) is 12.3 Å². The third-order valence-corrected chi connectivity index (χ3v) is 3.75. The van der Waals surface area contributed by atoms with E-state index in [2.05, 4.69) is 9.72 Å². The minimum Gasteiger partial charge on any atom is -0.497 e. The molecule has 3 rings (SSSR count). The summed E-state index contributed by atoms with van der Waals surface area (Å²) in [5.41, 5.74) is 0.0870. The molecule has 0 bridgehead atoms. The molecule has 0 saturated heterocycles. The molecule has 0 aliphatic heterocycles. The first-order valence-corrected chi connectivity index (χ1v) is 8.19. The van der Waals surface area contributed by atoms with Gasteiger partial charge in [0.25, 0.3) is 0 Å². The SMILES string of the molecule is COc1ccc2c(COC(=O)c3ccc(OCC(F)(F)F)nc3)cc(=O)oc2c1. The van der Waals surface area contributed by atoms with Gasteiger partial charge < -0.3 is 18.6 Å². The molecule has 0 unspecified atom stereocenters. The molecule has 0 amide bonds. The molecule has 10 heteroatoms. The van der Waals surface area contributed by atoms with E-state index in [-0.39, 0.29) is 23.6 Å². The van der Waals surface area contributed by atoms with Crippen molar-refractivity contribution in [2.24, 2.45) is 0 Å². The van der Waals surface area contributed by atoms with Crippen molar-refractivity contribution in [1.29, 1.82) is 0 Å². The quantitative estimate of drug-likeness (QED) is 0.455. The number of rotatable bonds is 6. The minimum atomic E-state index is -4.49. The molecule has 0 aliphatic rings. The van der Waals surface area contributed by atoms with Gasteiger partial charge in [0.2, 0.25) is 5.88 Å². The van der Waals surface area contributed by atoms with Gasteiger partial charge in [-0.15, -0.1) is 0 Å². The maximum absolute atomic E-state index is 12.2. The Hall–Kier alpha value is -3.56. The summed E-state index contributed by atoms with van der Waals surface area (Å²) < 4.78 is 56.2. The lowest BCUT2D eigenvalue weighted by atomic mass is 10.1. The molecule has 29 heavy (non-hydrogen) atoms. The van der Waals surface area contributed by atoms with Crippen LogP contribution >= 0.6 is 0 Å². The highest BCUT2D eigenvalue weighted by Crippen LogP contribution is 2.23. The van der Waals surface area contributed by atoms with Crippen molar-refractivity contribution in [3.05, 3.63) is 64.1 Å². The number of esters is 1. The summed E-state index contributed by atoms with van der Waals surface area (Å²) in [4.78, 5) is 27.5. The van der Waals surface area contributed by atoms with Crippen LogP contribution in [0.1, 0.15) is 15.9 Å². The van der Waals surface area contributed by atoms with Gasteiger partial charge in [-0.3, -0.25) is 0 Å². The lowest BCUT2D eigenvalue weighted by molar-refractivity contribution is -0.154. The van der Waals surface area contributed by atoms with Crippen LogP contribution in [0.15, 0.2) is 51.8 Å². The van der Waals surface area contributed by atoms with Crippen LogP contribution in [0.2, 0.25) is 0 Å². The maximum Gasteiger partial charge on any atom is 0.422 e. The average molecular weight is 409 g/mol. The number of nitrogens with zero attached hydrogens (tertiary/aromatic N) is 1. The second-order valence-electron chi connectivity index (χ2n) is 5.82. The van der Waals surface area contributed by atoms with E-state index in [1.165, 1.54) is 25.3 Å². The highest BCUT2D eigenvalue weighted by molar-refractivity contribution is 5.89. The second kappa shape index (κ2) is 8.21. The zero-order valence-electron chi connectivity index (χ0n) is 15.0. The molecule has 7 nitrogen and oxygen atoms in total. The summed E-state index contributed by atoms with van der Waals surface area (Å²) in [6.45, 7) is -1.71. The molecule has 0 atom stereocenters. The molecule has 0 N–H and O–H groups in total. The lowest BCUT2D eigenvalue weighted by Crippen LogP contribution is -2.19. The van der Waals surface area contributed by atoms with Gasteiger partial charge in [0.05, 0.1) is 12.7 Å². The summed E-state index contributed by atoms with van der Waals surface area (Å²) in [5, 5.41) is 0.562. The number of benzene rings is 1. The molecule has 0 radical (unpaired) electrons. The van der Waals surface area contributed by atoms with Gasteiger partial charge in [-0.2, -0.15) is 13.2 Å². The molecule has 0 aliphatic carbocycles. The van der Waals surface area contributed by atoms with Crippen molar-refractivity contribution in [2.75, 3.05) is 13.7 Å². The Balaban J connectivity index is 1.70. The standard InChI is InChI=1S/C19H14F3NO6/c1-26-13-3-4-14-12(6-17(24)29-15(14)7-13)9-27-18(25)11-2-5-16(23-8-11)28-10-19(20,21)22/h2-8H,9-10H2,1H3. The monoisotopic (exact) mass is 409 g/mol. The fourth-order valence-electron chi connectivity index (χ4n) is 2.43. The van der Waals surface area contributed by atoms with Crippen LogP contribution in [0.3, 0.4) is 0 Å². The topological polar surface area (TPSA) is 87.9 Å². The summed E-state index contributed by atoms with van der Waals surface area (Å²) in [6.07, 6.45) is -3.45. The van der Waals surface area contributed by atoms with Gasteiger partial charge in [-0.05, 0) is 18.2 Å². The van der Waals surface area contributed by atoms with Crippen molar-refractivity contribution >= 4 is 16.9 Å². The Morgan fingerprint density at radius 3 is 2.62 bits per heavy atom. The number of hydrogen-bond acceptors (Lipinski definition) is 7. The van der Waals surface area contributed by atoms with Gasteiger partial charge >= 0.3 is 17.8 Å². The van der Waals surface area contributed by atoms with Gasteiger partial charge in [0, 0.05) is 35.3 Å². The number of methoxy groups -OCH3 is 1. The van der Waals surface area contributed by atoms with Crippen LogP contribution < -0.4 is 15.1 Å². The Labute approximate surface area is 161 Å². The normalized spacial score (nSPS) is 11.3. The zero-order chi connectivity index (χ0) is 21.0. The number of carbonyl (C=O) groups is 1. The second-order valence-corrected chi connectivity index (χ2v) is 5.82. The van der Waals surface area contributed by atoms with Gasteiger partial charge in [0.15, 0.2) is 6.61 Å². The van der Waals surface area contributed by atoms with Crippen LogP contribution in [0.5, 0.6) is 11.6 Å². The average Bonchev–Trinajstić information content (AvgIpc) is 2.69. The fraction of sp³-hybridized carbons (Fsp3) is 0.211. The van der Waals surface area contributed by atoms with Crippen LogP contribution in [0.4, 0.5) is 13.2 Å². The molecule has 152 valence electrons. The summed E-state index contributed by atoms with van der Waals surface area (Å²) in [6, 6.07) is 8.41. The summed E-state index contributed by atoms with van der Waals surface area (Å²) in [5.74, 6) is -0.553. The first-order chi connectivity index (χ1) is 13.7. The molecular formula is C19H14F3NO6.